The van der Waals surface area contributed by atoms with Gasteiger partial charge in [-0.3, -0.25) is 9.59 Å². The number of hydrogen-bond donors (Lipinski definition) is 0. The molecular weight excluding hydrogens is 620 g/mol. The topological polar surface area (TPSA) is 125 Å². The van der Waals surface area contributed by atoms with E-state index in [1.165, 1.54) is 55.8 Å². The van der Waals surface area contributed by atoms with Gasteiger partial charge in [-0.05, 0) is 30.3 Å². The lowest BCUT2D eigenvalue weighted by atomic mass is 10.1. The van der Waals surface area contributed by atoms with Gasteiger partial charge in [0.1, 0.15) is 16.7 Å². The summed E-state index contributed by atoms with van der Waals surface area (Å²) in [5.41, 5.74) is 1.71. The van der Waals surface area contributed by atoms with Crippen molar-refractivity contribution in [3.8, 4) is 62.9 Å². The normalized spacial score (nSPS) is 10.6. The first-order valence-electron chi connectivity index (χ1n) is 14.6. The maximum atomic E-state index is 13.5. The molecule has 0 aliphatic carbocycles. The molecule has 48 heavy (non-hydrogen) atoms. The van der Waals surface area contributed by atoms with Crippen LogP contribution in [0.5, 0.6) is 40.2 Å². The van der Waals surface area contributed by atoms with Gasteiger partial charge in [0, 0.05) is 17.2 Å². The molecule has 0 aliphatic heterocycles. The van der Waals surface area contributed by atoms with E-state index < -0.39 is 5.43 Å². The Morgan fingerprint density at radius 1 is 0.500 bits per heavy atom. The Labute approximate surface area is 275 Å². The standard InChI is InChI=1S/C22H24O9.C15H10O2/c1-24-12-9-8-11(10-13(12)25-2)16-19(27-4)15(23)14-17(26-3)20(28-5)22(30-7)21(29-6)18(14)31-16;16-13-10-15(11-6-2-1-3-7-11)17-14-9-5-4-8-12(13)14/h8-10H,1-7H3;1-10H. The lowest BCUT2D eigenvalue weighted by Gasteiger charge is -2.19. The maximum Gasteiger partial charge on any atom is 0.239 e. The fraction of sp³-hybridized carbons (Fsp3) is 0.189. The first-order chi connectivity index (χ1) is 23.3. The number of methoxy groups -OCH3 is 7. The molecule has 11 nitrogen and oxygen atoms in total. The third kappa shape index (κ3) is 6.05. The van der Waals surface area contributed by atoms with Crippen LogP contribution in [-0.2, 0) is 0 Å². The summed E-state index contributed by atoms with van der Waals surface area (Å²) >= 11 is 0. The van der Waals surface area contributed by atoms with Crippen molar-refractivity contribution >= 4 is 21.9 Å². The fourth-order valence-electron chi connectivity index (χ4n) is 5.26. The van der Waals surface area contributed by atoms with Gasteiger partial charge in [0.25, 0.3) is 0 Å². The molecular formula is C37H34O11. The highest BCUT2D eigenvalue weighted by atomic mass is 16.5. The highest BCUT2D eigenvalue weighted by Gasteiger charge is 2.30. The first kappa shape index (κ1) is 33.3. The molecule has 2 heterocycles. The lowest BCUT2D eigenvalue weighted by molar-refractivity contribution is 0.306. The van der Waals surface area contributed by atoms with Crippen molar-refractivity contribution in [3.63, 3.8) is 0 Å². The van der Waals surface area contributed by atoms with Gasteiger partial charge in [0.2, 0.25) is 28.4 Å². The quantitative estimate of drug-likeness (QED) is 0.160. The summed E-state index contributed by atoms with van der Waals surface area (Å²) in [5.74, 6) is 2.48. The Balaban J connectivity index is 0.000000221. The molecule has 0 atom stereocenters. The molecule has 11 heteroatoms. The molecule has 248 valence electrons. The number of fused-ring (bicyclic) bond motifs is 2. The molecule has 0 amide bonds. The summed E-state index contributed by atoms with van der Waals surface area (Å²) in [4.78, 5) is 25.4. The summed E-state index contributed by atoms with van der Waals surface area (Å²) < 4.78 is 49.8. The van der Waals surface area contributed by atoms with E-state index in [0.29, 0.717) is 33.8 Å². The van der Waals surface area contributed by atoms with Crippen LogP contribution in [-0.4, -0.2) is 49.8 Å². The van der Waals surface area contributed by atoms with Gasteiger partial charge >= 0.3 is 0 Å². The number of benzene rings is 4. The van der Waals surface area contributed by atoms with E-state index in [-0.39, 0.29) is 50.9 Å². The summed E-state index contributed by atoms with van der Waals surface area (Å²) in [6.45, 7) is 0. The van der Waals surface area contributed by atoms with Crippen LogP contribution < -0.4 is 44.0 Å². The second-order valence-corrected chi connectivity index (χ2v) is 10.0. The van der Waals surface area contributed by atoms with Crippen LogP contribution in [0, 0.1) is 0 Å². The van der Waals surface area contributed by atoms with Crippen molar-refractivity contribution < 1.29 is 42.0 Å². The average Bonchev–Trinajstić information content (AvgIpc) is 3.13. The Hall–Kier alpha value is -6.10. The second-order valence-electron chi connectivity index (χ2n) is 10.0. The maximum absolute atomic E-state index is 13.5. The minimum Gasteiger partial charge on any atom is -0.493 e. The molecule has 2 aromatic heterocycles. The summed E-state index contributed by atoms with van der Waals surface area (Å²) in [7, 11) is 10.2. The summed E-state index contributed by atoms with van der Waals surface area (Å²) in [6.07, 6.45) is 0. The van der Waals surface area contributed by atoms with Crippen LogP contribution in [0.2, 0.25) is 0 Å². The molecule has 6 rings (SSSR count). The minimum atomic E-state index is -0.468. The van der Waals surface area contributed by atoms with Crippen LogP contribution in [0.1, 0.15) is 0 Å². The highest BCUT2D eigenvalue weighted by Crippen LogP contribution is 2.51. The Bertz CT molecular complexity index is 2180. The Morgan fingerprint density at radius 3 is 1.73 bits per heavy atom. The number of rotatable bonds is 9. The van der Waals surface area contributed by atoms with Crippen LogP contribution >= 0.6 is 0 Å². The van der Waals surface area contributed by atoms with Crippen molar-refractivity contribution in [2.45, 2.75) is 0 Å². The molecule has 0 saturated heterocycles. The van der Waals surface area contributed by atoms with Gasteiger partial charge in [-0.2, -0.15) is 0 Å². The average molecular weight is 655 g/mol. The largest absolute Gasteiger partial charge is 0.493 e. The van der Waals surface area contributed by atoms with E-state index in [1.807, 2.05) is 48.5 Å². The fourth-order valence-corrected chi connectivity index (χ4v) is 5.26. The van der Waals surface area contributed by atoms with Gasteiger partial charge in [-0.1, -0.05) is 42.5 Å². The molecule has 0 saturated carbocycles. The van der Waals surface area contributed by atoms with Crippen LogP contribution in [0.3, 0.4) is 0 Å². The van der Waals surface area contributed by atoms with E-state index in [0.717, 1.165) is 5.56 Å². The van der Waals surface area contributed by atoms with Crippen molar-refractivity contribution in [2.75, 3.05) is 49.8 Å². The molecule has 0 fully saturated rings. The zero-order chi connectivity index (χ0) is 34.4. The van der Waals surface area contributed by atoms with Gasteiger partial charge in [-0.25, -0.2) is 0 Å². The van der Waals surface area contributed by atoms with Crippen molar-refractivity contribution in [3.05, 3.63) is 99.3 Å². The molecule has 0 radical (unpaired) electrons. The SMILES string of the molecule is COc1ccc(-c2oc3c(OC)c(OC)c(OC)c(OC)c3c(=O)c2OC)cc1OC.O=c1cc(-c2ccccc2)oc2ccccc12. The Morgan fingerprint density at radius 2 is 1.10 bits per heavy atom. The number of ether oxygens (including phenoxy) is 7. The molecule has 0 N–H and O–H groups in total. The third-order valence-electron chi connectivity index (χ3n) is 7.48. The number of para-hydroxylation sites is 1. The van der Waals surface area contributed by atoms with E-state index in [2.05, 4.69) is 0 Å². The van der Waals surface area contributed by atoms with Gasteiger partial charge in [-0.15, -0.1) is 0 Å². The molecule has 0 unspecified atom stereocenters. The van der Waals surface area contributed by atoms with Crippen molar-refractivity contribution in [1.29, 1.82) is 0 Å². The van der Waals surface area contributed by atoms with Gasteiger partial charge in [0.15, 0.2) is 34.0 Å². The summed E-state index contributed by atoms with van der Waals surface area (Å²) in [6, 6.07) is 23.5. The Kier molecular flexibility index (Phi) is 10.1. The lowest BCUT2D eigenvalue weighted by Crippen LogP contribution is -2.11. The zero-order valence-electron chi connectivity index (χ0n) is 27.5. The first-order valence-corrected chi connectivity index (χ1v) is 14.6. The van der Waals surface area contributed by atoms with Gasteiger partial charge < -0.3 is 42.0 Å². The molecule has 0 bridgehead atoms. The predicted octanol–water partition coefficient (Wildman–Crippen LogP) is 6.98. The molecule has 6 aromatic rings. The zero-order valence-corrected chi connectivity index (χ0v) is 27.5. The molecule has 0 spiro atoms. The summed E-state index contributed by atoms with van der Waals surface area (Å²) in [5, 5.41) is 0.713. The smallest absolute Gasteiger partial charge is 0.239 e. The van der Waals surface area contributed by atoms with E-state index in [1.54, 1.807) is 24.3 Å². The van der Waals surface area contributed by atoms with Crippen molar-refractivity contribution in [2.24, 2.45) is 0 Å². The molecule has 0 aliphatic rings. The predicted molar refractivity (Wildman–Crippen MR) is 182 cm³/mol. The van der Waals surface area contributed by atoms with Crippen molar-refractivity contribution in [1.82, 2.24) is 0 Å². The second kappa shape index (κ2) is 14.5. The van der Waals surface area contributed by atoms with E-state index >= 15 is 0 Å². The minimum absolute atomic E-state index is 0.00861. The highest BCUT2D eigenvalue weighted by molar-refractivity contribution is 5.97. The third-order valence-corrected chi connectivity index (χ3v) is 7.48. The van der Waals surface area contributed by atoms with E-state index in [9.17, 15) is 9.59 Å². The van der Waals surface area contributed by atoms with Crippen LogP contribution in [0.4, 0.5) is 0 Å². The van der Waals surface area contributed by atoms with Crippen LogP contribution in [0.15, 0.2) is 97.3 Å². The van der Waals surface area contributed by atoms with Gasteiger partial charge in [0.05, 0.1) is 55.2 Å². The van der Waals surface area contributed by atoms with E-state index in [4.69, 9.17) is 42.0 Å². The van der Waals surface area contributed by atoms with Crippen LogP contribution in [0.25, 0.3) is 44.6 Å². The molecule has 4 aromatic carbocycles. The number of hydrogen-bond acceptors (Lipinski definition) is 11. The monoisotopic (exact) mass is 654 g/mol.